The highest BCUT2D eigenvalue weighted by molar-refractivity contribution is 5.94. The van der Waals surface area contributed by atoms with E-state index in [4.69, 9.17) is 4.74 Å². The normalized spacial score (nSPS) is 14.1. The quantitative estimate of drug-likeness (QED) is 0.178. The molecule has 0 aliphatic rings. The highest BCUT2D eigenvalue weighted by Crippen LogP contribution is 2.22. The van der Waals surface area contributed by atoms with E-state index in [1.807, 2.05) is 66.7 Å². The maximum Gasteiger partial charge on any atom is 0.251 e. The number of carbonyl (C=O) groups excluding carboxylic acids is 2. The molecule has 2 amide bonds. The molecule has 41 heavy (non-hydrogen) atoms. The molecule has 0 aromatic heterocycles. The Hall–Kier alpha value is -3.64. The number of amides is 2. The van der Waals surface area contributed by atoms with Gasteiger partial charge in [-0.15, -0.1) is 0 Å². The third-order valence-corrected chi connectivity index (χ3v) is 7.37. The predicted octanol–water partition coefficient (Wildman–Crippen LogP) is 6.93. The Labute approximate surface area is 245 Å². The van der Waals surface area contributed by atoms with Gasteiger partial charge in [-0.3, -0.25) is 9.59 Å². The summed E-state index contributed by atoms with van der Waals surface area (Å²) >= 11 is 0. The van der Waals surface area contributed by atoms with Crippen LogP contribution >= 0.6 is 0 Å². The van der Waals surface area contributed by atoms with Gasteiger partial charge < -0.3 is 20.5 Å². The first kappa shape index (κ1) is 31.9. The first-order chi connectivity index (χ1) is 19.7. The van der Waals surface area contributed by atoms with Crippen molar-refractivity contribution in [2.75, 3.05) is 0 Å². The number of hydrogen-bond donors (Lipinski definition) is 3. The molecule has 0 saturated heterocycles. The van der Waals surface area contributed by atoms with Crippen molar-refractivity contribution in [2.45, 2.75) is 84.4 Å². The number of para-hydroxylation sites is 1. The number of ether oxygens (including phenoxy) is 1. The van der Waals surface area contributed by atoms with E-state index in [1.165, 1.54) is 0 Å². The first-order valence-electron chi connectivity index (χ1n) is 14.9. The van der Waals surface area contributed by atoms with Crippen LogP contribution in [0, 0.1) is 11.8 Å². The molecule has 3 unspecified atom stereocenters. The van der Waals surface area contributed by atoms with E-state index in [9.17, 15) is 14.7 Å². The number of aliphatic hydroxyl groups is 1. The highest BCUT2D eigenvalue weighted by Gasteiger charge is 2.27. The second kappa shape index (κ2) is 16.6. The number of benzene rings is 3. The summed E-state index contributed by atoms with van der Waals surface area (Å²) in [6.07, 6.45) is 3.08. The van der Waals surface area contributed by atoms with Gasteiger partial charge in [0.2, 0.25) is 5.91 Å². The van der Waals surface area contributed by atoms with Gasteiger partial charge >= 0.3 is 0 Å². The standard InChI is InChI=1S/C35H46N2O4/c1-5-26(4)21-34(39)36-29(20-19-25(2)3)24-33(38)32(22-27-13-8-6-9-14-27)37-35(40)28-15-12-18-31(23-28)41-30-16-10-7-11-17-30/h6-18,23,25-26,29,32-33,38H,5,19-22,24H2,1-4H3,(H,36,39)(H,37,40)/t26?,29?,32?,33-/m0/s1. The molecule has 0 fully saturated rings. The van der Waals surface area contributed by atoms with Crippen LogP contribution < -0.4 is 15.4 Å². The molecule has 6 nitrogen and oxygen atoms in total. The van der Waals surface area contributed by atoms with Crippen molar-refractivity contribution in [2.24, 2.45) is 11.8 Å². The highest BCUT2D eigenvalue weighted by atomic mass is 16.5. The summed E-state index contributed by atoms with van der Waals surface area (Å²) in [6, 6.07) is 25.5. The third-order valence-electron chi connectivity index (χ3n) is 7.37. The van der Waals surface area contributed by atoms with Crippen LogP contribution in [0.1, 0.15) is 75.7 Å². The number of aliphatic hydroxyl groups excluding tert-OH is 1. The van der Waals surface area contributed by atoms with Crippen molar-refractivity contribution < 1.29 is 19.4 Å². The summed E-state index contributed by atoms with van der Waals surface area (Å²) < 4.78 is 5.92. The monoisotopic (exact) mass is 558 g/mol. The average Bonchev–Trinajstić information content (AvgIpc) is 2.96. The molecule has 0 bridgehead atoms. The molecule has 3 rings (SSSR count). The Balaban J connectivity index is 1.76. The number of hydrogen-bond acceptors (Lipinski definition) is 4. The van der Waals surface area contributed by atoms with Crippen LogP contribution in [0.25, 0.3) is 0 Å². The van der Waals surface area contributed by atoms with Crippen molar-refractivity contribution in [3.05, 3.63) is 96.1 Å². The van der Waals surface area contributed by atoms with Crippen molar-refractivity contribution in [1.82, 2.24) is 10.6 Å². The Morgan fingerprint density at radius 3 is 2.15 bits per heavy atom. The van der Waals surface area contributed by atoms with Crippen molar-refractivity contribution in [3.63, 3.8) is 0 Å². The van der Waals surface area contributed by atoms with Gasteiger partial charge in [0.25, 0.3) is 5.91 Å². The van der Waals surface area contributed by atoms with Gasteiger partial charge in [0.05, 0.1) is 12.1 Å². The van der Waals surface area contributed by atoms with E-state index in [-0.39, 0.29) is 17.9 Å². The Morgan fingerprint density at radius 2 is 1.49 bits per heavy atom. The summed E-state index contributed by atoms with van der Waals surface area (Å²) in [5, 5.41) is 17.8. The Kier molecular flexibility index (Phi) is 12.9. The summed E-state index contributed by atoms with van der Waals surface area (Å²) in [5.74, 6) is 1.75. The van der Waals surface area contributed by atoms with E-state index in [2.05, 4.69) is 38.3 Å². The fourth-order valence-electron chi connectivity index (χ4n) is 4.72. The molecule has 3 N–H and O–H groups in total. The fraction of sp³-hybridized carbons (Fsp3) is 0.429. The minimum Gasteiger partial charge on any atom is -0.457 e. The molecule has 0 aliphatic heterocycles. The number of nitrogens with one attached hydrogen (secondary N) is 2. The van der Waals surface area contributed by atoms with Crippen molar-refractivity contribution in [3.8, 4) is 11.5 Å². The summed E-state index contributed by atoms with van der Waals surface area (Å²) in [6.45, 7) is 8.46. The van der Waals surface area contributed by atoms with Gasteiger partial charge in [0.15, 0.2) is 0 Å². The molecule has 0 aliphatic carbocycles. The molecule has 220 valence electrons. The molecule has 4 atom stereocenters. The van der Waals surface area contributed by atoms with Gasteiger partial charge in [0, 0.05) is 18.0 Å². The lowest BCUT2D eigenvalue weighted by Crippen LogP contribution is -2.48. The molecule has 3 aromatic carbocycles. The van der Waals surface area contributed by atoms with E-state index >= 15 is 0 Å². The molecule has 0 saturated carbocycles. The lowest BCUT2D eigenvalue weighted by Gasteiger charge is -2.29. The summed E-state index contributed by atoms with van der Waals surface area (Å²) in [5.41, 5.74) is 1.46. The lowest BCUT2D eigenvalue weighted by molar-refractivity contribution is -0.122. The molecular weight excluding hydrogens is 512 g/mol. The average molecular weight is 559 g/mol. The van der Waals surface area contributed by atoms with Gasteiger partial charge in [-0.25, -0.2) is 0 Å². The van der Waals surface area contributed by atoms with Crippen LogP contribution in [0.5, 0.6) is 11.5 Å². The van der Waals surface area contributed by atoms with Crippen LogP contribution in [0.3, 0.4) is 0 Å². The molecular formula is C35H46N2O4. The first-order valence-corrected chi connectivity index (χ1v) is 14.9. The third kappa shape index (κ3) is 11.4. The zero-order valence-electron chi connectivity index (χ0n) is 24.9. The zero-order valence-corrected chi connectivity index (χ0v) is 24.9. The number of carbonyl (C=O) groups is 2. The number of rotatable bonds is 16. The van der Waals surface area contributed by atoms with Gasteiger partial charge in [-0.2, -0.15) is 0 Å². The zero-order chi connectivity index (χ0) is 29.6. The maximum atomic E-state index is 13.4. The van der Waals surface area contributed by atoms with Gasteiger partial charge in [0.1, 0.15) is 11.5 Å². The smallest absolute Gasteiger partial charge is 0.251 e. The molecule has 3 aromatic rings. The molecule has 6 heteroatoms. The van der Waals surface area contributed by atoms with E-state index < -0.39 is 12.1 Å². The Bertz CT molecular complexity index is 1200. The van der Waals surface area contributed by atoms with E-state index in [0.717, 1.165) is 24.8 Å². The van der Waals surface area contributed by atoms with Crippen LogP contribution in [0.15, 0.2) is 84.9 Å². The SMILES string of the molecule is CCC(C)CC(=O)NC(CCC(C)C)C[C@H](O)C(Cc1ccccc1)NC(=O)c1cccc(Oc2ccccc2)c1. The summed E-state index contributed by atoms with van der Waals surface area (Å²) in [7, 11) is 0. The van der Waals surface area contributed by atoms with E-state index in [1.54, 1.807) is 18.2 Å². The van der Waals surface area contributed by atoms with Gasteiger partial charge in [-0.05, 0) is 73.4 Å². The van der Waals surface area contributed by atoms with Crippen molar-refractivity contribution in [1.29, 1.82) is 0 Å². The van der Waals surface area contributed by atoms with E-state index in [0.29, 0.717) is 48.2 Å². The van der Waals surface area contributed by atoms with Crippen LogP contribution in [-0.2, 0) is 11.2 Å². The second-order valence-corrected chi connectivity index (χ2v) is 11.5. The molecule has 0 spiro atoms. The minimum absolute atomic E-state index is 0.0131. The van der Waals surface area contributed by atoms with Gasteiger partial charge in [-0.1, -0.05) is 88.7 Å². The van der Waals surface area contributed by atoms with Crippen molar-refractivity contribution >= 4 is 11.8 Å². The summed E-state index contributed by atoms with van der Waals surface area (Å²) in [4.78, 5) is 26.2. The van der Waals surface area contributed by atoms with Crippen LogP contribution in [0.2, 0.25) is 0 Å². The largest absolute Gasteiger partial charge is 0.457 e. The lowest BCUT2D eigenvalue weighted by atomic mass is 9.92. The predicted molar refractivity (Wildman–Crippen MR) is 165 cm³/mol. The second-order valence-electron chi connectivity index (χ2n) is 11.5. The molecule has 0 radical (unpaired) electrons. The topological polar surface area (TPSA) is 87.7 Å². The Morgan fingerprint density at radius 1 is 0.829 bits per heavy atom. The molecule has 0 heterocycles. The van der Waals surface area contributed by atoms with Crippen LogP contribution in [-0.4, -0.2) is 35.1 Å². The maximum absolute atomic E-state index is 13.4. The fourth-order valence-corrected chi connectivity index (χ4v) is 4.72. The minimum atomic E-state index is -0.857. The van der Waals surface area contributed by atoms with Crippen LogP contribution in [0.4, 0.5) is 0 Å².